The quantitative estimate of drug-likeness (QED) is 0.555. The highest BCUT2D eigenvalue weighted by Gasteiger charge is 1.91. The lowest BCUT2D eigenvalue weighted by Gasteiger charge is -2.13. The van der Waals surface area contributed by atoms with Gasteiger partial charge in [0.1, 0.15) is 0 Å². The van der Waals surface area contributed by atoms with Crippen molar-refractivity contribution in [1.29, 1.82) is 0 Å². The van der Waals surface area contributed by atoms with Gasteiger partial charge in [-0.25, -0.2) is 0 Å². The third-order valence-electron chi connectivity index (χ3n) is 1.33. The van der Waals surface area contributed by atoms with E-state index in [1.54, 1.807) is 12.4 Å². The van der Waals surface area contributed by atoms with Crippen LogP contribution >= 0.6 is 0 Å². The van der Waals surface area contributed by atoms with E-state index in [1.165, 1.54) is 0 Å². The maximum absolute atomic E-state index is 3.65. The van der Waals surface area contributed by atoms with Gasteiger partial charge in [0, 0.05) is 18.1 Å². The van der Waals surface area contributed by atoms with Crippen molar-refractivity contribution in [2.75, 3.05) is 0 Å². The van der Waals surface area contributed by atoms with Crippen LogP contribution in [0.4, 0.5) is 0 Å². The fourth-order valence-electron chi connectivity index (χ4n) is 0.684. The third-order valence-corrected chi connectivity index (χ3v) is 1.33. The first-order valence-electron chi connectivity index (χ1n) is 3.59. The van der Waals surface area contributed by atoms with Crippen molar-refractivity contribution in [3.8, 4) is 0 Å². The summed E-state index contributed by atoms with van der Waals surface area (Å²) in [5, 5.41) is 0. The van der Waals surface area contributed by atoms with E-state index in [4.69, 9.17) is 0 Å². The number of hydrogen-bond donors (Lipinski definition) is 0. The van der Waals surface area contributed by atoms with E-state index in [9.17, 15) is 0 Å². The van der Waals surface area contributed by atoms with E-state index < -0.39 is 0 Å². The Morgan fingerprint density at radius 1 is 1.27 bits per heavy atom. The zero-order chi connectivity index (χ0) is 8.69. The lowest BCUT2D eigenvalue weighted by molar-refractivity contribution is 0.634. The first kappa shape index (κ1) is 9.76. The van der Waals surface area contributed by atoms with Crippen LogP contribution in [0, 0.1) is 0 Å². The molecule has 0 heterocycles. The molecular formula is C10H15N. The fraction of sp³-hybridized carbons (Fsp3) is 0.200. The second-order valence-electron chi connectivity index (χ2n) is 2.11. The van der Waals surface area contributed by atoms with Crippen LogP contribution in [0.5, 0.6) is 0 Å². The Morgan fingerprint density at radius 2 is 1.82 bits per heavy atom. The SMILES string of the molecule is C=CN(C=C)/C(C)=C/C=C\C. The highest BCUT2D eigenvalue weighted by molar-refractivity contribution is 5.12. The molecule has 0 radical (unpaired) electrons. The van der Waals surface area contributed by atoms with Crippen molar-refractivity contribution in [2.45, 2.75) is 13.8 Å². The predicted molar refractivity (Wildman–Crippen MR) is 50.8 cm³/mol. The molecule has 11 heavy (non-hydrogen) atoms. The fourth-order valence-corrected chi connectivity index (χ4v) is 0.684. The van der Waals surface area contributed by atoms with Crippen LogP contribution in [-0.2, 0) is 0 Å². The molecule has 0 rings (SSSR count). The molecule has 0 aromatic carbocycles. The smallest absolute Gasteiger partial charge is 0.0188 e. The van der Waals surface area contributed by atoms with Crippen molar-refractivity contribution in [2.24, 2.45) is 0 Å². The Bertz CT molecular complexity index is 179. The van der Waals surface area contributed by atoms with E-state index in [0.29, 0.717) is 0 Å². The average Bonchev–Trinajstić information content (AvgIpc) is 2.03. The lowest BCUT2D eigenvalue weighted by Crippen LogP contribution is -2.03. The molecule has 0 aromatic rings. The molecule has 0 amide bonds. The summed E-state index contributed by atoms with van der Waals surface area (Å²) in [6.07, 6.45) is 9.41. The molecule has 0 bridgehead atoms. The van der Waals surface area contributed by atoms with E-state index in [-0.39, 0.29) is 0 Å². The summed E-state index contributed by atoms with van der Waals surface area (Å²) in [7, 11) is 0. The van der Waals surface area contributed by atoms with Crippen molar-refractivity contribution in [3.63, 3.8) is 0 Å². The zero-order valence-corrected chi connectivity index (χ0v) is 7.25. The van der Waals surface area contributed by atoms with Crippen LogP contribution in [0.25, 0.3) is 0 Å². The van der Waals surface area contributed by atoms with Crippen LogP contribution in [0.3, 0.4) is 0 Å². The second kappa shape index (κ2) is 5.54. The third kappa shape index (κ3) is 3.46. The van der Waals surface area contributed by atoms with Crippen LogP contribution < -0.4 is 0 Å². The Kier molecular flexibility index (Phi) is 4.91. The van der Waals surface area contributed by atoms with E-state index in [0.717, 1.165) is 5.70 Å². The summed E-state index contributed by atoms with van der Waals surface area (Å²) >= 11 is 0. The summed E-state index contributed by atoms with van der Waals surface area (Å²) in [6, 6.07) is 0. The van der Waals surface area contributed by atoms with Gasteiger partial charge in [-0.3, -0.25) is 0 Å². The van der Waals surface area contributed by atoms with Crippen molar-refractivity contribution >= 4 is 0 Å². The van der Waals surface area contributed by atoms with Crippen LogP contribution in [0.15, 0.2) is 49.5 Å². The minimum atomic E-state index is 1.10. The minimum absolute atomic E-state index is 1.10. The molecule has 0 aliphatic carbocycles. The van der Waals surface area contributed by atoms with Gasteiger partial charge in [0.2, 0.25) is 0 Å². The van der Waals surface area contributed by atoms with E-state index >= 15 is 0 Å². The number of rotatable bonds is 4. The molecule has 0 atom stereocenters. The standard InChI is InChI=1S/C10H15N/c1-5-8-9-10(4)11(6-2)7-3/h5-9H,2-3H2,1,4H3/b8-5-,10-9+. The lowest BCUT2D eigenvalue weighted by atomic mass is 10.3. The van der Waals surface area contributed by atoms with Gasteiger partial charge in [-0.1, -0.05) is 25.3 Å². The molecule has 0 aliphatic rings. The molecule has 1 nitrogen and oxygen atoms in total. The van der Waals surface area contributed by atoms with Gasteiger partial charge in [0.15, 0.2) is 0 Å². The van der Waals surface area contributed by atoms with Crippen LogP contribution in [0.1, 0.15) is 13.8 Å². The van der Waals surface area contributed by atoms with Crippen LogP contribution in [-0.4, -0.2) is 4.90 Å². The van der Waals surface area contributed by atoms with E-state index in [1.807, 2.05) is 37.0 Å². The molecule has 0 spiro atoms. The van der Waals surface area contributed by atoms with Crippen LogP contribution in [0.2, 0.25) is 0 Å². The maximum Gasteiger partial charge on any atom is 0.0188 e. The predicted octanol–water partition coefficient (Wildman–Crippen LogP) is 3.06. The molecule has 0 saturated carbocycles. The van der Waals surface area contributed by atoms with Crippen molar-refractivity contribution in [1.82, 2.24) is 4.90 Å². The van der Waals surface area contributed by atoms with Gasteiger partial charge in [0.25, 0.3) is 0 Å². The summed E-state index contributed by atoms with van der Waals surface area (Å²) in [4.78, 5) is 1.86. The molecule has 0 aliphatic heterocycles. The largest absolute Gasteiger partial charge is 0.329 e. The molecule has 60 valence electrons. The number of nitrogens with zero attached hydrogens (tertiary/aromatic N) is 1. The van der Waals surface area contributed by atoms with Gasteiger partial charge < -0.3 is 4.90 Å². The summed E-state index contributed by atoms with van der Waals surface area (Å²) in [5.41, 5.74) is 1.10. The highest BCUT2D eigenvalue weighted by Crippen LogP contribution is 2.03. The van der Waals surface area contributed by atoms with Gasteiger partial charge >= 0.3 is 0 Å². The number of allylic oxidation sites excluding steroid dienone is 4. The zero-order valence-electron chi connectivity index (χ0n) is 7.25. The normalized spacial score (nSPS) is 11.6. The molecule has 0 fully saturated rings. The van der Waals surface area contributed by atoms with Gasteiger partial charge in [0.05, 0.1) is 0 Å². The first-order valence-corrected chi connectivity index (χ1v) is 3.59. The maximum atomic E-state index is 3.65. The van der Waals surface area contributed by atoms with Gasteiger partial charge in [-0.2, -0.15) is 0 Å². The minimum Gasteiger partial charge on any atom is -0.329 e. The molecule has 0 aromatic heterocycles. The Hall–Kier alpha value is -1.24. The Labute approximate surface area is 69.0 Å². The summed E-state index contributed by atoms with van der Waals surface area (Å²) in [6.45, 7) is 11.3. The molecule has 0 unspecified atom stereocenters. The highest BCUT2D eigenvalue weighted by atomic mass is 15.1. The summed E-state index contributed by atoms with van der Waals surface area (Å²) in [5.74, 6) is 0. The van der Waals surface area contributed by atoms with E-state index in [2.05, 4.69) is 13.2 Å². The average molecular weight is 149 g/mol. The van der Waals surface area contributed by atoms with Crippen molar-refractivity contribution < 1.29 is 0 Å². The molecule has 0 saturated heterocycles. The Morgan fingerprint density at radius 3 is 2.18 bits per heavy atom. The molecular weight excluding hydrogens is 134 g/mol. The monoisotopic (exact) mass is 149 g/mol. The van der Waals surface area contributed by atoms with Crippen molar-refractivity contribution in [3.05, 3.63) is 49.5 Å². The second-order valence-corrected chi connectivity index (χ2v) is 2.11. The molecule has 0 N–H and O–H groups in total. The molecule has 1 heteroatoms. The summed E-state index contributed by atoms with van der Waals surface area (Å²) < 4.78 is 0. The number of hydrogen-bond acceptors (Lipinski definition) is 1. The van der Waals surface area contributed by atoms with Gasteiger partial charge in [-0.15, -0.1) is 0 Å². The first-order chi connectivity index (χ1) is 5.26. The Balaban J connectivity index is 4.29. The van der Waals surface area contributed by atoms with Gasteiger partial charge in [-0.05, 0) is 19.9 Å². The topological polar surface area (TPSA) is 3.24 Å².